The van der Waals surface area contributed by atoms with Gasteiger partial charge < -0.3 is 56.8 Å². The standard InChI is InChI=1S/C34H35FN10O2.C32H32F2N8O3.C31H30F2N8O3/c1-5-25(46)43-14-17(3)44(15-16(43)2)32-22-13-23(35)29(21-7-6-8-24-26(21)31(36)42-41-24)39-33(22)45(34(47)40-32)30-27(19-9-10-19)37-18(4)38-28(30)20-11-12-20;1-4-23(44)40-13-16(3)41(14-15(40)2)29-19-12-21(34)27(24-20(33)6-5-7-22(24)43)36-30(19)42(32(45)39-29)28-25(17-8-9-17)37-31(35)38-26(28)18-10-11-18;1-3-22(43)39-11-12-40(15(2)14-39)28-18-13-20(33)26(23-19(32)5-4-6-21(23)42)35-29(18)41(31(44)38-28)27-24(16-7-8-16)36-30(34)37-25(27)17-9-10-17/h5-8,13,16-17,19-20H,1,9-12,14-15H2,2-4H3,(H3,36,41,42);4-7,12,15-18,43H,1,8-11,13-14H2,2-3H3,(H2,35,37,38);3-6,13,15-17,42H,1,7-12,14H2,2H3,(H2,34,36,37)/t16-,17+;15-,16+;15-/m110/s1. The van der Waals surface area contributed by atoms with Gasteiger partial charge in [-0.3, -0.25) is 19.5 Å². The molecule has 22 rings (SSSR count). The van der Waals surface area contributed by atoms with E-state index in [1.54, 1.807) is 26.8 Å². The zero-order valence-corrected chi connectivity index (χ0v) is 75.4. The molecule has 6 aliphatic carbocycles. The topological polar surface area (TPSA) is 439 Å². The Morgan fingerprint density at radius 2 is 0.757 bits per heavy atom. The molecule has 3 aliphatic heterocycles. The van der Waals surface area contributed by atoms with E-state index in [-0.39, 0.29) is 146 Å². The van der Waals surface area contributed by atoms with Crippen LogP contribution in [0.25, 0.3) is 94.8 Å². The highest BCUT2D eigenvalue weighted by atomic mass is 19.1. The highest BCUT2D eigenvalue weighted by molar-refractivity contribution is 6.03. The molecule has 6 saturated carbocycles. The largest absolute Gasteiger partial charge is 0.507 e. The van der Waals surface area contributed by atoms with Gasteiger partial charge in [0.25, 0.3) is 0 Å². The van der Waals surface area contributed by atoms with E-state index in [2.05, 4.69) is 74.8 Å². The van der Waals surface area contributed by atoms with Crippen LogP contribution in [0.5, 0.6) is 11.5 Å². The third-order valence-corrected chi connectivity index (χ3v) is 27.0. The highest BCUT2D eigenvalue weighted by Gasteiger charge is 2.45. The summed E-state index contributed by atoms with van der Waals surface area (Å²) in [6.07, 6.45) is 14.5. The van der Waals surface area contributed by atoms with Gasteiger partial charge in [0.05, 0.1) is 89.4 Å². The van der Waals surface area contributed by atoms with Gasteiger partial charge in [0.1, 0.15) is 69.3 Å². The molecule has 13 aromatic rings. The fraction of sp³-hybridized carbons (Fsp3) is 0.371. The van der Waals surface area contributed by atoms with Gasteiger partial charge in [0, 0.05) is 117 Å². The molecule has 3 aromatic carbocycles. The summed E-state index contributed by atoms with van der Waals surface area (Å²) in [4.78, 5) is 147. The second-order valence-electron chi connectivity index (χ2n) is 36.9. The van der Waals surface area contributed by atoms with Crippen LogP contribution < -0.4 is 49.0 Å². The molecule has 9 fully saturated rings. The number of aryl methyl sites for hydroxylation is 1. The number of benzene rings is 3. The molecule has 10 aromatic heterocycles. The van der Waals surface area contributed by atoms with Crippen molar-refractivity contribution in [2.45, 2.75) is 184 Å². The van der Waals surface area contributed by atoms with E-state index in [0.717, 1.165) is 101 Å². The fourth-order valence-electron chi connectivity index (χ4n) is 19.4. The summed E-state index contributed by atoms with van der Waals surface area (Å²) in [7, 11) is 0. The predicted octanol–water partition coefficient (Wildman–Crippen LogP) is 12.5. The Kier molecular flexibility index (Phi) is 22.5. The number of carbonyl (C=O) groups is 3. The first-order valence-corrected chi connectivity index (χ1v) is 45.8. The number of fused-ring (bicyclic) bond motifs is 4. The number of amides is 3. The second kappa shape index (κ2) is 34.4. The number of nitrogens with one attached hydrogen (secondary N) is 1. The molecule has 0 unspecified atom stereocenters. The van der Waals surface area contributed by atoms with Crippen molar-refractivity contribution in [3.63, 3.8) is 0 Å². The molecule has 39 heteroatoms. The van der Waals surface area contributed by atoms with Crippen LogP contribution >= 0.6 is 0 Å². The van der Waals surface area contributed by atoms with Crippen LogP contribution in [0.3, 0.4) is 0 Å². The lowest BCUT2D eigenvalue weighted by Gasteiger charge is -2.44. The van der Waals surface area contributed by atoms with Crippen LogP contribution in [-0.4, -0.2) is 202 Å². The predicted molar refractivity (Wildman–Crippen MR) is 501 cm³/mol. The summed E-state index contributed by atoms with van der Waals surface area (Å²) < 4.78 is 82.7. The summed E-state index contributed by atoms with van der Waals surface area (Å²) >= 11 is 0. The average Bonchev–Trinajstić information content (AvgIpc) is 1.43. The number of piperazine rings is 3. The Labute approximate surface area is 773 Å². The Morgan fingerprint density at radius 3 is 1.12 bits per heavy atom. The van der Waals surface area contributed by atoms with E-state index >= 15 is 22.0 Å². The van der Waals surface area contributed by atoms with Crippen molar-refractivity contribution in [2.75, 3.05) is 77.7 Å². The zero-order valence-electron chi connectivity index (χ0n) is 75.4. The summed E-state index contributed by atoms with van der Waals surface area (Å²) in [5, 5.41) is 29.5. The molecular weight excluding hydrogens is 1750 g/mol. The molecule has 3 saturated heterocycles. The molecule has 0 spiro atoms. The molecule has 698 valence electrons. The lowest BCUT2D eigenvalue weighted by molar-refractivity contribution is -0.129. The number of halogens is 5. The summed E-state index contributed by atoms with van der Waals surface area (Å²) in [6, 6.07) is 15.1. The van der Waals surface area contributed by atoms with E-state index in [1.807, 2.05) is 62.3 Å². The van der Waals surface area contributed by atoms with Crippen molar-refractivity contribution < 1.29 is 46.5 Å². The Morgan fingerprint density at radius 1 is 0.412 bits per heavy atom. The molecule has 5 atom stereocenters. The Hall–Kier alpha value is -15.1. The maximum atomic E-state index is 16.5. The van der Waals surface area contributed by atoms with Gasteiger partial charge in [-0.05, 0) is 185 Å². The van der Waals surface area contributed by atoms with Gasteiger partial charge in [0.2, 0.25) is 29.6 Å². The van der Waals surface area contributed by atoms with E-state index in [9.17, 15) is 39.0 Å². The summed E-state index contributed by atoms with van der Waals surface area (Å²) in [6.45, 7) is 24.6. The first-order valence-electron chi connectivity index (χ1n) is 45.8. The fourth-order valence-corrected chi connectivity index (χ4v) is 19.4. The molecule has 9 aliphatic rings. The number of aromatic hydroxyl groups is 2. The molecule has 34 nitrogen and oxygen atoms in total. The summed E-state index contributed by atoms with van der Waals surface area (Å²) in [5.74, 6) is -3.34. The van der Waals surface area contributed by atoms with Crippen LogP contribution in [0.1, 0.15) is 187 Å². The number of nitrogens with two attached hydrogens (primary N) is 3. The van der Waals surface area contributed by atoms with E-state index in [0.29, 0.717) is 119 Å². The number of pyridine rings is 3. The number of nitrogen functional groups attached to an aromatic ring is 3. The van der Waals surface area contributed by atoms with Crippen molar-refractivity contribution in [1.82, 2.24) is 98.4 Å². The Balaban J connectivity index is 0.000000126. The number of carbonyl (C=O) groups excluding carboxylic acids is 3. The molecule has 9 N–H and O–H groups in total. The number of rotatable bonds is 18. The minimum atomic E-state index is -0.907. The normalized spacial score (nSPS) is 19.5. The van der Waals surface area contributed by atoms with Crippen LogP contribution in [0.15, 0.2) is 125 Å². The second-order valence-corrected chi connectivity index (χ2v) is 36.9. The monoisotopic (exact) mass is 1850 g/mol. The van der Waals surface area contributed by atoms with Crippen molar-refractivity contribution >= 4 is 96.9 Å². The molecule has 13 heterocycles. The third-order valence-electron chi connectivity index (χ3n) is 27.0. The number of hydrogen-bond donors (Lipinski definition) is 6. The van der Waals surface area contributed by atoms with Gasteiger partial charge in [-0.1, -0.05) is 44.0 Å². The van der Waals surface area contributed by atoms with Crippen molar-refractivity contribution in [3.8, 4) is 62.3 Å². The van der Waals surface area contributed by atoms with E-state index in [1.165, 1.54) is 74.4 Å². The number of phenols is 2. The van der Waals surface area contributed by atoms with Crippen LogP contribution in [-0.2, 0) is 14.4 Å². The average molecular weight is 1850 g/mol. The molecule has 136 heavy (non-hydrogen) atoms. The van der Waals surface area contributed by atoms with Crippen LogP contribution in [0.4, 0.5) is 57.1 Å². The minimum Gasteiger partial charge on any atom is -0.507 e. The quantitative estimate of drug-likeness (QED) is 0.0343. The maximum Gasteiger partial charge on any atom is 0.355 e. The zero-order chi connectivity index (χ0) is 95.3. The molecule has 0 radical (unpaired) electrons. The molecular formula is C97H97F5N26O8. The van der Waals surface area contributed by atoms with Gasteiger partial charge in [-0.2, -0.15) is 20.1 Å². The smallest absolute Gasteiger partial charge is 0.355 e. The van der Waals surface area contributed by atoms with Crippen molar-refractivity contribution in [3.05, 3.63) is 211 Å². The Bertz CT molecular complexity index is 7290. The third kappa shape index (κ3) is 16.1. The van der Waals surface area contributed by atoms with Crippen molar-refractivity contribution in [1.29, 1.82) is 0 Å². The number of hydrogen-bond acceptors (Lipinski definition) is 27. The highest BCUT2D eigenvalue weighted by Crippen LogP contribution is 2.53. The number of phenolic OH excluding ortho intramolecular Hbond substituents is 2. The van der Waals surface area contributed by atoms with E-state index in [4.69, 9.17) is 32.2 Å². The number of nitrogens with zero attached hydrogens (tertiary/aromatic N) is 22. The van der Waals surface area contributed by atoms with E-state index < -0.39 is 80.2 Å². The SMILES string of the molecule is C=CC(=O)N1CCN(c2nc(=O)n(-c3c(C4CC4)nc(N)nc3C3CC3)c3nc(-c4c(O)cccc4F)c(F)cc23)[C@@H](C)C1.C=CC(=O)N1C[C@H](C)N(c2nc(=O)n(-c3c(C4CC4)nc(C)nc3C3CC3)c3nc(-c4cccc5[nH]nc(N)c45)c(F)cc23)C[C@H]1C.C=CC(=O)N1C[C@H](C)N(c2nc(=O)n(-c3c(C4CC4)nc(N)nc3C3CC3)c3nc(-c4c(O)cccc4F)c(F)cc23)C[C@H]1C. The number of anilines is 6. The number of aromatic amines is 1. The van der Waals surface area contributed by atoms with Crippen molar-refractivity contribution in [2.24, 2.45) is 0 Å². The van der Waals surface area contributed by atoms with Crippen LogP contribution in [0, 0.1) is 36.0 Å². The van der Waals surface area contributed by atoms with Gasteiger partial charge in [0.15, 0.2) is 34.4 Å². The maximum absolute atomic E-state index is 16.5. The minimum absolute atomic E-state index is 0.0191. The molecule has 3 amide bonds. The summed E-state index contributed by atoms with van der Waals surface area (Å²) in [5.41, 5.74) is 21.7. The first-order chi connectivity index (χ1) is 65.4. The first kappa shape index (κ1) is 88.8. The molecule has 0 bridgehead atoms. The number of aromatic nitrogens is 17. The number of H-pyrrole nitrogens is 1. The van der Waals surface area contributed by atoms with Crippen LogP contribution in [0.2, 0.25) is 0 Å². The van der Waals surface area contributed by atoms with Gasteiger partial charge in [-0.25, -0.2) is 94.9 Å². The van der Waals surface area contributed by atoms with Gasteiger partial charge in [-0.15, -0.1) is 0 Å². The lowest BCUT2D eigenvalue weighted by atomic mass is 10.0. The lowest BCUT2D eigenvalue weighted by Crippen LogP contribution is -2.58. The van der Waals surface area contributed by atoms with Gasteiger partial charge >= 0.3 is 17.1 Å².